The van der Waals surface area contributed by atoms with Gasteiger partial charge in [0.2, 0.25) is 0 Å². The predicted molar refractivity (Wildman–Crippen MR) is 125 cm³/mol. The summed E-state index contributed by atoms with van der Waals surface area (Å²) < 4.78 is 0. The van der Waals surface area contributed by atoms with E-state index >= 15 is 0 Å². The van der Waals surface area contributed by atoms with E-state index in [0.717, 1.165) is 71.6 Å². The fourth-order valence-corrected chi connectivity index (χ4v) is 4.23. The highest BCUT2D eigenvalue weighted by Crippen LogP contribution is 2.14. The molecule has 0 amide bonds. The molecule has 3 unspecified atom stereocenters. The first-order valence-electron chi connectivity index (χ1n) is 12.1. The molecule has 0 spiro atoms. The number of nitrogens with zero attached hydrogens (tertiary/aromatic N) is 4. The van der Waals surface area contributed by atoms with Gasteiger partial charge in [-0.25, -0.2) is 0 Å². The van der Waals surface area contributed by atoms with Gasteiger partial charge in [-0.1, -0.05) is 34.6 Å². The lowest BCUT2D eigenvalue weighted by Crippen LogP contribution is -2.53. The van der Waals surface area contributed by atoms with Gasteiger partial charge >= 0.3 is 0 Å². The van der Waals surface area contributed by atoms with Gasteiger partial charge in [0.25, 0.3) is 0 Å². The second-order valence-electron chi connectivity index (χ2n) is 8.34. The maximum absolute atomic E-state index is 10.0. The Balaban J connectivity index is 5.17. The Bertz CT molecular complexity index is 333. The molecule has 6 heteroatoms. The van der Waals surface area contributed by atoms with Crippen molar-refractivity contribution in [1.82, 2.24) is 19.6 Å². The van der Waals surface area contributed by atoms with Crippen LogP contribution >= 0.6 is 0 Å². The first kappa shape index (κ1) is 28.8. The van der Waals surface area contributed by atoms with Crippen molar-refractivity contribution in [1.29, 1.82) is 0 Å². The van der Waals surface area contributed by atoms with E-state index in [4.69, 9.17) is 0 Å². The van der Waals surface area contributed by atoms with Gasteiger partial charge in [0, 0.05) is 26.2 Å². The van der Waals surface area contributed by atoms with Gasteiger partial charge in [0.1, 0.15) is 0 Å². The quantitative estimate of drug-likeness (QED) is 0.316. The maximum atomic E-state index is 10.0. The summed E-state index contributed by atoms with van der Waals surface area (Å²) >= 11 is 0. The van der Waals surface area contributed by atoms with Crippen molar-refractivity contribution in [2.45, 2.75) is 86.1 Å². The molecule has 0 rings (SSSR count). The molecule has 0 aliphatic carbocycles. The van der Waals surface area contributed by atoms with Gasteiger partial charge in [0.05, 0.1) is 18.4 Å². The Morgan fingerprint density at radius 1 is 0.586 bits per heavy atom. The average molecular weight is 417 g/mol. The van der Waals surface area contributed by atoms with Crippen LogP contribution in [0.5, 0.6) is 0 Å². The summed E-state index contributed by atoms with van der Waals surface area (Å²) in [6.07, 6.45) is 2.77. The highest BCUT2D eigenvalue weighted by molar-refractivity contribution is 4.77. The lowest BCUT2D eigenvalue weighted by Gasteiger charge is -2.41. The molecule has 29 heavy (non-hydrogen) atoms. The van der Waals surface area contributed by atoms with E-state index in [-0.39, 0.29) is 6.17 Å². The normalized spacial score (nSPS) is 15.6. The standard InChI is InChI=1S/C23H52N4O2/c1-8-23(27(19-21(6)28)20-22(7)29)26(17-13-15-24(9-2)10-3)18-14-16-25(11-4)12-5/h21-23,28-29H,8-20H2,1-7H3. The van der Waals surface area contributed by atoms with Gasteiger partial charge in [-0.3, -0.25) is 9.80 Å². The Hall–Kier alpha value is -0.240. The third-order valence-electron chi connectivity index (χ3n) is 5.83. The monoisotopic (exact) mass is 416 g/mol. The smallest absolute Gasteiger partial charge is 0.0639 e. The second kappa shape index (κ2) is 17.4. The van der Waals surface area contributed by atoms with E-state index in [1.165, 1.54) is 0 Å². The number of aliphatic hydroxyl groups excluding tert-OH is 2. The van der Waals surface area contributed by atoms with Gasteiger partial charge in [-0.2, -0.15) is 0 Å². The van der Waals surface area contributed by atoms with Crippen LogP contribution in [-0.4, -0.2) is 114 Å². The zero-order valence-electron chi connectivity index (χ0n) is 20.6. The van der Waals surface area contributed by atoms with Crippen LogP contribution < -0.4 is 0 Å². The summed E-state index contributed by atoms with van der Waals surface area (Å²) in [5.41, 5.74) is 0. The molecule has 0 aromatic carbocycles. The third-order valence-corrected chi connectivity index (χ3v) is 5.83. The fourth-order valence-electron chi connectivity index (χ4n) is 4.23. The Kier molecular flexibility index (Phi) is 17.3. The highest BCUT2D eigenvalue weighted by Gasteiger charge is 2.25. The summed E-state index contributed by atoms with van der Waals surface area (Å²) in [6.45, 7) is 24.8. The molecule has 176 valence electrons. The average Bonchev–Trinajstić information content (AvgIpc) is 2.67. The molecule has 0 aromatic rings. The molecular formula is C23H52N4O2. The Morgan fingerprint density at radius 2 is 0.966 bits per heavy atom. The van der Waals surface area contributed by atoms with Crippen LogP contribution in [0.15, 0.2) is 0 Å². The Labute approximate surface area is 181 Å². The van der Waals surface area contributed by atoms with Crippen molar-refractivity contribution in [3.8, 4) is 0 Å². The van der Waals surface area contributed by atoms with Crippen LogP contribution in [0, 0.1) is 0 Å². The van der Waals surface area contributed by atoms with Crippen molar-refractivity contribution in [3.05, 3.63) is 0 Å². The molecule has 6 nitrogen and oxygen atoms in total. The molecule has 3 atom stereocenters. The van der Waals surface area contributed by atoms with Crippen LogP contribution in [0.3, 0.4) is 0 Å². The molecule has 0 fully saturated rings. The van der Waals surface area contributed by atoms with Gasteiger partial charge < -0.3 is 20.0 Å². The molecule has 0 saturated carbocycles. The van der Waals surface area contributed by atoms with Crippen molar-refractivity contribution < 1.29 is 10.2 Å². The number of aliphatic hydroxyl groups is 2. The largest absolute Gasteiger partial charge is 0.392 e. The number of hydrogen-bond acceptors (Lipinski definition) is 6. The lowest BCUT2D eigenvalue weighted by atomic mass is 10.2. The van der Waals surface area contributed by atoms with Crippen LogP contribution in [0.1, 0.15) is 67.7 Å². The van der Waals surface area contributed by atoms with Crippen molar-refractivity contribution in [2.24, 2.45) is 0 Å². The number of hydrogen-bond donors (Lipinski definition) is 2. The Morgan fingerprint density at radius 3 is 1.24 bits per heavy atom. The summed E-state index contributed by atoms with van der Waals surface area (Å²) in [5.74, 6) is 0. The zero-order chi connectivity index (χ0) is 22.2. The van der Waals surface area contributed by atoms with E-state index < -0.39 is 12.2 Å². The highest BCUT2D eigenvalue weighted by atomic mass is 16.3. The SMILES string of the molecule is CCC(N(CCCN(CC)CC)CCCN(CC)CC)N(CC(C)O)CC(C)O. The molecular weight excluding hydrogens is 364 g/mol. The predicted octanol–water partition coefficient (Wildman–Crippen LogP) is 2.55. The van der Waals surface area contributed by atoms with Crippen molar-refractivity contribution in [2.75, 3.05) is 65.4 Å². The first-order valence-corrected chi connectivity index (χ1v) is 12.1. The fraction of sp³-hybridized carbons (Fsp3) is 1.00. The van der Waals surface area contributed by atoms with Crippen LogP contribution in [0.4, 0.5) is 0 Å². The summed E-state index contributed by atoms with van der Waals surface area (Å²) in [6, 6.07) is 0. The molecule has 0 aliphatic rings. The van der Waals surface area contributed by atoms with Crippen LogP contribution in [0.2, 0.25) is 0 Å². The first-order chi connectivity index (χ1) is 13.8. The van der Waals surface area contributed by atoms with Crippen LogP contribution in [0.25, 0.3) is 0 Å². The molecule has 2 N–H and O–H groups in total. The topological polar surface area (TPSA) is 53.4 Å². The van der Waals surface area contributed by atoms with E-state index in [2.05, 4.69) is 54.2 Å². The second-order valence-corrected chi connectivity index (χ2v) is 8.34. The summed E-state index contributed by atoms with van der Waals surface area (Å²) in [7, 11) is 0. The van der Waals surface area contributed by atoms with Crippen molar-refractivity contribution >= 4 is 0 Å². The molecule has 0 heterocycles. The van der Waals surface area contributed by atoms with E-state index in [1.807, 2.05) is 13.8 Å². The van der Waals surface area contributed by atoms with Gasteiger partial charge in [0.15, 0.2) is 0 Å². The number of rotatable bonds is 19. The van der Waals surface area contributed by atoms with E-state index in [1.54, 1.807) is 0 Å². The van der Waals surface area contributed by atoms with Gasteiger partial charge in [-0.15, -0.1) is 0 Å². The molecule has 0 bridgehead atoms. The molecule has 0 aliphatic heterocycles. The van der Waals surface area contributed by atoms with Gasteiger partial charge in [-0.05, 0) is 72.4 Å². The minimum absolute atomic E-state index is 0.257. The molecule has 0 saturated heterocycles. The zero-order valence-corrected chi connectivity index (χ0v) is 20.6. The van der Waals surface area contributed by atoms with E-state index in [0.29, 0.717) is 13.1 Å². The van der Waals surface area contributed by atoms with Crippen LogP contribution in [-0.2, 0) is 0 Å². The molecule has 0 aromatic heterocycles. The third kappa shape index (κ3) is 12.9. The minimum Gasteiger partial charge on any atom is -0.392 e. The lowest BCUT2D eigenvalue weighted by molar-refractivity contribution is -0.0142. The summed E-state index contributed by atoms with van der Waals surface area (Å²) in [5, 5.41) is 20.1. The molecule has 0 radical (unpaired) electrons. The van der Waals surface area contributed by atoms with Crippen molar-refractivity contribution in [3.63, 3.8) is 0 Å². The van der Waals surface area contributed by atoms with E-state index in [9.17, 15) is 10.2 Å². The minimum atomic E-state index is -0.393. The summed E-state index contributed by atoms with van der Waals surface area (Å²) in [4.78, 5) is 9.85. The maximum Gasteiger partial charge on any atom is 0.0639 e.